The largest absolute Gasteiger partial charge is 0.353 e. The van der Waals surface area contributed by atoms with E-state index < -0.39 is 10.0 Å². The molecule has 0 bridgehead atoms. The van der Waals surface area contributed by atoms with Crippen LogP contribution in [0.5, 0.6) is 0 Å². The normalized spacial score (nSPS) is 27.5. The lowest BCUT2D eigenvalue weighted by molar-refractivity contribution is -0.127. The zero-order valence-electron chi connectivity index (χ0n) is 16.3. The standard InChI is InChI=1S/C20H28Cl2N2O3S/c1-13-4-3-5-18(14(13)2)23-20(25)15-8-10-24(11-9-15)28(26,27)19-12-16(21)6-7-17(19)22/h6-7,12-15,18H,3-5,8-11H2,1-2H3,(H,23,25). The topological polar surface area (TPSA) is 66.5 Å². The average Bonchev–Trinajstić information content (AvgIpc) is 2.67. The molecule has 0 aromatic heterocycles. The van der Waals surface area contributed by atoms with Crippen molar-refractivity contribution in [3.05, 3.63) is 28.2 Å². The Balaban J connectivity index is 1.61. The van der Waals surface area contributed by atoms with E-state index in [4.69, 9.17) is 23.2 Å². The van der Waals surface area contributed by atoms with E-state index in [2.05, 4.69) is 19.2 Å². The Morgan fingerprint density at radius 2 is 1.79 bits per heavy atom. The molecule has 3 rings (SSSR count). The summed E-state index contributed by atoms with van der Waals surface area (Å²) in [4.78, 5) is 12.7. The monoisotopic (exact) mass is 446 g/mol. The van der Waals surface area contributed by atoms with E-state index in [1.54, 1.807) is 6.07 Å². The summed E-state index contributed by atoms with van der Waals surface area (Å²) < 4.78 is 27.2. The van der Waals surface area contributed by atoms with Gasteiger partial charge in [0.25, 0.3) is 0 Å². The van der Waals surface area contributed by atoms with Crippen molar-refractivity contribution in [1.82, 2.24) is 9.62 Å². The number of benzene rings is 1. The Bertz CT molecular complexity index is 823. The highest BCUT2D eigenvalue weighted by molar-refractivity contribution is 7.89. The smallest absolute Gasteiger partial charge is 0.244 e. The summed E-state index contributed by atoms with van der Waals surface area (Å²) in [5.74, 6) is 1.01. The zero-order valence-corrected chi connectivity index (χ0v) is 18.7. The molecule has 1 N–H and O–H groups in total. The Kier molecular flexibility index (Phi) is 6.96. The molecule has 1 aromatic rings. The minimum absolute atomic E-state index is 0.0228. The average molecular weight is 447 g/mol. The number of hydrogen-bond acceptors (Lipinski definition) is 3. The number of sulfonamides is 1. The van der Waals surface area contributed by atoms with Gasteiger partial charge < -0.3 is 5.32 Å². The van der Waals surface area contributed by atoms with Crippen molar-refractivity contribution in [2.24, 2.45) is 17.8 Å². The second-order valence-electron chi connectivity index (χ2n) is 8.14. The van der Waals surface area contributed by atoms with Crippen LogP contribution in [0.15, 0.2) is 23.1 Å². The van der Waals surface area contributed by atoms with Crippen LogP contribution >= 0.6 is 23.2 Å². The number of amides is 1. The Hall–Kier alpha value is -0.820. The number of nitrogens with one attached hydrogen (secondary N) is 1. The maximum atomic E-state index is 12.9. The van der Waals surface area contributed by atoms with Crippen LogP contribution in [0.2, 0.25) is 10.0 Å². The molecule has 1 aliphatic heterocycles. The van der Waals surface area contributed by atoms with Crippen LogP contribution in [0, 0.1) is 17.8 Å². The minimum atomic E-state index is -3.72. The molecule has 2 aliphatic rings. The summed E-state index contributed by atoms with van der Waals surface area (Å²) in [6.07, 6.45) is 4.42. The van der Waals surface area contributed by atoms with Gasteiger partial charge in [-0.3, -0.25) is 4.79 Å². The van der Waals surface area contributed by atoms with Gasteiger partial charge in [-0.05, 0) is 49.3 Å². The highest BCUT2D eigenvalue weighted by atomic mass is 35.5. The number of halogens is 2. The van der Waals surface area contributed by atoms with E-state index in [1.165, 1.54) is 22.9 Å². The predicted octanol–water partition coefficient (Wildman–Crippen LogP) is 4.34. The highest BCUT2D eigenvalue weighted by Crippen LogP contribution is 2.32. The summed E-state index contributed by atoms with van der Waals surface area (Å²) in [6.45, 7) is 5.06. The first-order valence-corrected chi connectivity index (χ1v) is 12.2. The molecule has 5 nitrogen and oxygen atoms in total. The van der Waals surface area contributed by atoms with Crippen molar-refractivity contribution in [3.63, 3.8) is 0 Å². The van der Waals surface area contributed by atoms with Crippen LogP contribution < -0.4 is 5.32 Å². The minimum Gasteiger partial charge on any atom is -0.353 e. The van der Waals surface area contributed by atoms with Gasteiger partial charge >= 0.3 is 0 Å². The fraction of sp³-hybridized carbons (Fsp3) is 0.650. The molecule has 8 heteroatoms. The first kappa shape index (κ1) is 21.9. The van der Waals surface area contributed by atoms with Gasteiger partial charge in [0.2, 0.25) is 15.9 Å². The van der Waals surface area contributed by atoms with Crippen molar-refractivity contribution in [3.8, 4) is 0 Å². The molecule has 28 heavy (non-hydrogen) atoms. The molecule has 1 heterocycles. The number of rotatable bonds is 4. The van der Waals surface area contributed by atoms with Crippen LogP contribution in [0.25, 0.3) is 0 Å². The summed E-state index contributed by atoms with van der Waals surface area (Å²) in [5, 5.41) is 3.71. The number of hydrogen-bond donors (Lipinski definition) is 1. The van der Waals surface area contributed by atoms with Crippen LogP contribution in [0.3, 0.4) is 0 Å². The molecule has 1 saturated carbocycles. The van der Waals surface area contributed by atoms with Crippen molar-refractivity contribution < 1.29 is 13.2 Å². The van der Waals surface area contributed by atoms with Gasteiger partial charge in [0, 0.05) is 30.1 Å². The number of carbonyl (C=O) groups is 1. The predicted molar refractivity (Wildman–Crippen MR) is 112 cm³/mol. The lowest BCUT2D eigenvalue weighted by Gasteiger charge is -2.36. The van der Waals surface area contributed by atoms with Gasteiger partial charge in [0.15, 0.2) is 0 Å². The fourth-order valence-corrected chi connectivity index (χ4v) is 6.47. The maximum Gasteiger partial charge on any atom is 0.244 e. The molecule has 156 valence electrons. The summed E-state index contributed by atoms with van der Waals surface area (Å²) in [6, 6.07) is 4.66. The number of nitrogens with zero attached hydrogens (tertiary/aromatic N) is 1. The fourth-order valence-electron chi connectivity index (χ4n) is 4.26. The second kappa shape index (κ2) is 8.90. The first-order valence-electron chi connectivity index (χ1n) is 9.95. The van der Waals surface area contributed by atoms with Gasteiger partial charge in [-0.2, -0.15) is 4.31 Å². The SMILES string of the molecule is CC1CCCC(NC(=O)C2CCN(S(=O)(=O)c3cc(Cl)ccc3Cl)CC2)C1C. The summed E-state index contributed by atoms with van der Waals surface area (Å²) in [7, 11) is -3.72. The van der Waals surface area contributed by atoms with E-state index in [-0.39, 0.29) is 27.8 Å². The third-order valence-corrected chi connectivity index (χ3v) is 8.99. The second-order valence-corrected chi connectivity index (χ2v) is 10.9. The van der Waals surface area contributed by atoms with Gasteiger partial charge in [-0.1, -0.05) is 49.9 Å². The third kappa shape index (κ3) is 4.66. The quantitative estimate of drug-likeness (QED) is 0.747. The lowest BCUT2D eigenvalue weighted by Crippen LogP contribution is -2.48. The molecular formula is C20H28Cl2N2O3S. The molecule has 3 atom stereocenters. The molecular weight excluding hydrogens is 419 g/mol. The van der Waals surface area contributed by atoms with E-state index in [0.29, 0.717) is 42.8 Å². The van der Waals surface area contributed by atoms with Crippen molar-refractivity contribution in [2.75, 3.05) is 13.1 Å². The third-order valence-electron chi connectivity index (χ3n) is 6.37. The van der Waals surface area contributed by atoms with Crippen LogP contribution in [-0.2, 0) is 14.8 Å². The molecule has 1 amide bonds. The Morgan fingerprint density at radius 3 is 2.46 bits per heavy atom. The van der Waals surface area contributed by atoms with Crippen LogP contribution in [0.4, 0.5) is 0 Å². The molecule has 0 radical (unpaired) electrons. The molecule has 0 spiro atoms. The van der Waals surface area contributed by atoms with Gasteiger partial charge in [-0.25, -0.2) is 8.42 Å². The summed E-state index contributed by atoms with van der Waals surface area (Å²) >= 11 is 12.0. The van der Waals surface area contributed by atoms with Crippen molar-refractivity contribution in [2.45, 2.75) is 56.9 Å². The van der Waals surface area contributed by atoms with E-state index in [0.717, 1.165) is 12.8 Å². The van der Waals surface area contributed by atoms with Crippen LogP contribution in [0.1, 0.15) is 46.0 Å². The van der Waals surface area contributed by atoms with Gasteiger partial charge in [0.05, 0.1) is 5.02 Å². The van der Waals surface area contributed by atoms with E-state index in [9.17, 15) is 13.2 Å². The number of carbonyl (C=O) groups excluding carboxylic acids is 1. The molecule has 2 fully saturated rings. The van der Waals surface area contributed by atoms with Crippen molar-refractivity contribution >= 4 is 39.1 Å². The van der Waals surface area contributed by atoms with Crippen LogP contribution in [-0.4, -0.2) is 37.8 Å². The molecule has 1 saturated heterocycles. The zero-order chi connectivity index (χ0) is 20.5. The summed E-state index contributed by atoms with van der Waals surface area (Å²) in [5.41, 5.74) is 0. The highest BCUT2D eigenvalue weighted by Gasteiger charge is 2.35. The molecule has 1 aromatic carbocycles. The maximum absolute atomic E-state index is 12.9. The molecule has 3 unspecified atom stereocenters. The Labute approximate surface area is 177 Å². The lowest BCUT2D eigenvalue weighted by atomic mass is 9.78. The van der Waals surface area contributed by atoms with E-state index >= 15 is 0 Å². The first-order chi connectivity index (χ1) is 13.2. The van der Waals surface area contributed by atoms with Gasteiger partial charge in [-0.15, -0.1) is 0 Å². The van der Waals surface area contributed by atoms with Gasteiger partial charge in [0.1, 0.15) is 4.90 Å². The van der Waals surface area contributed by atoms with E-state index in [1.807, 2.05) is 0 Å². The van der Waals surface area contributed by atoms with Crippen molar-refractivity contribution in [1.29, 1.82) is 0 Å². The Morgan fingerprint density at radius 1 is 1.11 bits per heavy atom. The number of piperidine rings is 1. The molecule has 1 aliphatic carbocycles.